The molecule has 0 saturated heterocycles. The molecule has 0 nitrogen and oxygen atoms in total. The number of allylic oxidation sites excluding steroid dienone is 2. The first kappa shape index (κ1) is 19.9. The average Bonchev–Trinajstić information content (AvgIpc) is 2.56. The molecule has 17 heavy (non-hydrogen) atoms. The van der Waals surface area contributed by atoms with Gasteiger partial charge in [0, 0.05) is 0 Å². The number of rotatable bonds is 0. The van der Waals surface area contributed by atoms with Crippen LogP contribution in [0.2, 0.25) is 0 Å². The summed E-state index contributed by atoms with van der Waals surface area (Å²) in [5, 5.41) is 0. The minimum absolute atomic E-state index is 0. The van der Waals surface area contributed by atoms with E-state index >= 15 is 0 Å². The van der Waals surface area contributed by atoms with Crippen LogP contribution in [0.15, 0.2) is 36.4 Å². The fraction of sp³-hybridized carbons (Fsp3) is 0.308. The van der Waals surface area contributed by atoms with Crippen LogP contribution in [-0.2, 0) is 26.2 Å². The second-order valence-electron chi connectivity index (χ2n) is 3.99. The van der Waals surface area contributed by atoms with E-state index in [1.165, 1.54) is 24.0 Å². The summed E-state index contributed by atoms with van der Waals surface area (Å²) in [6.07, 6.45) is 9.75. The molecule has 2 aliphatic rings. The van der Waals surface area contributed by atoms with Crippen molar-refractivity contribution in [2.45, 2.75) is 18.8 Å². The third-order valence-electron chi connectivity index (χ3n) is 3.22. The van der Waals surface area contributed by atoms with E-state index in [4.69, 9.17) is 0 Å². The molecule has 0 fully saturated rings. The minimum atomic E-state index is 0. The molecule has 0 aromatic heterocycles. The monoisotopic (exact) mass is 364 g/mol. The summed E-state index contributed by atoms with van der Waals surface area (Å²) in [5.41, 5.74) is 2.99. The summed E-state index contributed by atoms with van der Waals surface area (Å²) in [6.45, 7) is 0. The zero-order valence-electron chi connectivity index (χ0n) is 9.24. The van der Waals surface area contributed by atoms with Gasteiger partial charge < -0.3 is 37.2 Å². The fourth-order valence-electron chi connectivity index (χ4n) is 2.57. The maximum absolute atomic E-state index is 2.45. The molecular formula is C13H13Cl3Zr. The maximum atomic E-state index is 2.45. The zero-order chi connectivity index (χ0) is 8.67. The molecular weight excluding hydrogens is 354 g/mol. The summed E-state index contributed by atoms with van der Waals surface area (Å²) in [4.78, 5) is 0. The molecule has 3 rings (SSSR count). The van der Waals surface area contributed by atoms with Crippen molar-refractivity contribution in [1.82, 2.24) is 0 Å². The summed E-state index contributed by atoms with van der Waals surface area (Å²) in [6, 6.07) is 8.79. The Kier molecular flexibility index (Phi) is 10.1. The maximum Gasteiger partial charge on any atom is 4.00 e. The van der Waals surface area contributed by atoms with E-state index in [1.807, 2.05) is 0 Å². The van der Waals surface area contributed by atoms with Crippen LogP contribution < -0.4 is 37.2 Å². The average molecular weight is 367 g/mol. The first-order valence-corrected chi connectivity index (χ1v) is 5.05. The van der Waals surface area contributed by atoms with Crippen molar-refractivity contribution < 1.29 is 63.4 Å². The standard InChI is InChI=1S/C13H13.3ClH.Zr/c1-3-7-12-10(5-1)9-11-6-2-4-8-13(11)12;;;;/h1,3-5,7-9,11,13H,2,6H2;3*1H;/q-1;;;;+4/p-3. The molecule has 2 aliphatic carbocycles. The molecule has 0 bridgehead atoms. The van der Waals surface area contributed by atoms with E-state index in [0.29, 0.717) is 5.92 Å². The molecule has 0 radical (unpaired) electrons. The van der Waals surface area contributed by atoms with E-state index in [-0.39, 0.29) is 63.4 Å². The second kappa shape index (κ2) is 8.64. The van der Waals surface area contributed by atoms with E-state index in [9.17, 15) is 0 Å². The van der Waals surface area contributed by atoms with Crippen molar-refractivity contribution in [3.05, 3.63) is 54.0 Å². The largest absolute Gasteiger partial charge is 4.00 e. The Bertz CT molecular complexity index is 365. The normalized spacial score (nSPS) is 22.4. The van der Waals surface area contributed by atoms with Crippen LogP contribution in [0.3, 0.4) is 0 Å². The van der Waals surface area contributed by atoms with Crippen LogP contribution >= 0.6 is 0 Å². The van der Waals surface area contributed by atoms with Crippen LogP contribution in [0.5, 0.6) is 0 Å². The van der Waals surface area contributed by atoms with Gasteiger partial charge >= 0.3 is 26.2 Å². The Balaban J connectivity index is 0. The minimum Gasteiger partial charge on any atom is -1.00 e. The fourth-order valence-corrected chi connectivity index (χ4v) is 2.57. The Morgan fingerprint density at radius 2 is 1.76 bits per heavy atom. The van der Waals surface area contributed by atoms with Gasteiger partial charge in [-0.2, -0.15) is 18.1 Å². The summed E-state index contributed by atoms with van der Waals surface area (Å²) >= 11 is 0. The third-order valence-corrected chi connectivity index (χ3v) is 3.22. The quantitative estimate of drug-likeness (QED) is 0.317. The van der Waals surface area contributed by atoms with Crippen molar-refractivity contribution in [3.63, 3.8) is 0 Å². The molecule has 1 aromatic carbocycles. The summed E-state index contributed by atoms with van der Waals surface area (Å²) in [5.74, 6) is 1.47. The van der Waals surface area contributed by atoms with Crippen LogP contribution in [0.4, 0.5) is 0 Å². The van der Waals surface area contributed by atoms with Crippen molar-refractivity contribution >= 4 is 0 Å². The van der Waals surface area contributed by atoms with Gasteiger partial charge in [-0.1, -0.05) is 30.6 Å². The van der Waals surface area contributed by atoms with Gasteiger partial charge in [0.05, 0.1) is 0 Å². The predicted molar refractivity (Wildman–Crippen MR) is 54.4 cm³/mol. The molecule has 2 unspecified atom stereocenters. The smallest absolute Gasteiger partial charge is 1.00 e. The van der Waals surface area contributed by atoms with Gasteiger partial charge in [0.2, 0.25) is 0 Å². The molecule has 0 aliphatic heterocycles. The second-order valence-corrected chi connectivity index (χ2v) is 3.99. The van der Waals surface area contributed by atoms with Crippen LogP contribution in [0.25, 0.3) is 0 Å². The van der Waals surface area contributed by atoms with Gasteiger partial charge in [0.25, 0.3) is 0 Å². The van der Waals surface area contributed by atoms with Crippen molar-refractivity contribution in [2.24, 2.45) is 5.92 Å². The molecule has 4 heteroatoms. The van der Waals surface area contributed by atoms with E-state index in [0.717, 1.165) is 5.92 Å². The molecule has 0 N–H and O–H groups in total. The molecule has 0 heterocycles. The molecule has 90 valence electrons. The van der Waals surface area contributed by atoms with Gasteiger partial charge in [-0.3, -0.25) is 0 Å². The molecule has 0 amide bonds. The molecule has 1 aromatic rings. The third kappa shape index (κ3) is 3.77. The predicted octanol–water partition coefficient (Wildman–Crippen LogP) is -5.69. The van der Waals surface area contributed by atoms with Crippen molar-refractivity contribution in [3.8, 4) is 0 Å². The van der Waals surface area contributed by atoms with Crippen LogP contribution in [0, 0.1) is 12.3 Å². The Hall–Kier alpha value is 0.583. The number of benzene rings is 1. The van der Waals surface area contributed by atoms with E-state index < -0.39 is 0 Å². The SMILES string of the molecule is C1=CC2c3ccccc3[CH-]C2CC1.[Cl-].[Cl-].[Cl-].[Zr+4]. The number of hydrogen-bond donors (Lipinski definition) is 0. The Labute approximate surface area is 141 Å². The number of halogens is 3. The Morgan fingerprint density at radius 3 is 2.53 bits per heavy atom. The van der Waals surface area contributed by atoms with Crippen LogP contribution in [0.1, 0.15) is 29.9 Å². The summed E-state index contributed by atoms with van der Waals surface area (Å²) in [7, 11) is 0. The molecule has 2 atom stereocenters. The van der Waals surface area contributed by atoms with E-state index in [2.05, 4.69) is 42.8 Å². The van der Waals surface area contributed by atoms with Gasteiger partial charge in [-0.25, -0.2) is 0 Å². The molecule has 0 saturated carbocycles. The van der Waals surface area contributed by atoms with Gasteiger partial charge in [0.1, 0.15) is 0 Å². The number of hydrogen-bond acceptors (Lipinski definition) is 0. The number of fused-ring (bicyclic) bond motifs is 3. The first-order valence-electron chi connectivity index (χ1n) is 5.05. The first-order chi connectivity index (χ1) is 6.45. The molecule has 0 spiro atoms. The Morgan fingerprint density at radius 1 is 1.06 bits per heavy atom. The topological polar surface area (TPSA) is 0 Å². The van der Waals surface area contributed by atoms with Gasteiger partial charge in [-0.15, -0.1) is 17.7 Å². The van der Waals surface area contributed by atoms with Crippen molar-refractivity contribution in [1.29, 1.82) is 0 Å². The van der Waals surface area contributed by atoms with Gasteiger partial charge in [-0.05, 0) is 12.3 Å². The van der Waals surface area contributed by atoms with Crippen LogP contribution in [-0.4, -0.2) is 0 Å². The summed E-state index contributed by atoms with van der Waals surface area (Å²) < 4.78 is 0. The van der Waals surface area contributed by atoms with E-state index in [1.54, 1.807) is 0 Å². The zero-order valence-corrected chi connectivity index (χ0v) is 14.0. The van der Waals surface area contributed by atoms with Gasteiger partial charge in [0.15, 0.2) is 0 Å². The van der Waals surface area contributed by atoms with Crippen molar-refractivity contribution in [2.75, 3.05) is 0 Å².